The highest BCUT2D eigenvalue weighted by atomic mass is 19.4. The molecule has 2 aromatic rings. The van der Waals surface area contributed by atoms with E-state index in [2.05, 4.69) is 14.7 Å². The third kappa shape index (κ3) is 2.63. The SMILES string of the molecule is CCOC(=O)c1cc2cc(N)cnc2nc1C(F)(F)F. The number of pyridine rings is 2. The Morgan fingerprint density at radius 3 is 2.70 bits per heavy atom. The lowest BCUT2D eigenvalue weighted by Crippen LogP contribution is -2.17. The van der Waals surface area contributed by atoms with Gasteiger partial charge >= 0.3 is 12.1 Å². The molecule has 0 unspecified atom stereocenters. The average Bonchev–Trinajstić information content (AvgIpc) is 2.36. The molecule has 2 aromatic heterocycles. The van der Waals surface area contributed by atoms with E-state index in [0.717, 1.165) is 6.07 Å². The van der Waals surface area contributed by atoms with E-state index in [4.69, 9.17) is 5.73 Å². The predicted molar refractivity (Wildman–Crippen MR) is 64.9 cm³/mol. The van der Waals surface area contributed by atoms with Gasteiger partial charge in [-0.25, -0.2) is 14.8 Å². The highest BCUT2D eigenvalue weighted by Gasteiger charge is 2.38. The topological polar surface area (TPSA) is 78.1 Å². The van der Waals surface area contributed by atoms with E-state index in [9.17, 15) is 18.0 Å². The van der Waals surface area contributed by atoms with Crippen LogP contribution in [0.15, 0.2) is 18.3 Å². The molecule has 0 fully saturated rings. The Labute approximate surface area is 111 Å². The minimum Gasteiger partial charge on any atom is -0.462 e. The fourth-order valence-electron chi connectivity index (χ4n) is 1.66. The second-order valence-electron chi connectivity index (χ2n) is 3.92. The fraction of sp³-hybridized carbons (Fsp3) is 0.250. The second-order valence-corrected chi connectivity index (χ2v) is 3.92. The van der Waals surface area contributed by atoms with Crippen LogP contribution in [0.4, 0.5) is 18.9 Å². The van der Waals surface area contributed by atoms with Crippen molar-refractivity contribution in [3.63, 3.8) is 0 Å². The van der Waals surface area contributed by atoms with Gasteiger partial charge in [-0.3, -0.25) is 0 Å². The Balaban J connectivity index is 2.70. The molecule has 106 valence electrons. The summed E-state index contributed by atoms with van der Waals surface area (Å²) in [6, 6.07) is 2.42. The van der Waals surface area contributed by atoms with Crippen molar-refractivity contribution < 1.29 is 22.7 Å². The predicted octanol–water partition coefficient (Wildman–Crippen LogP) is 2.41. The van der Waals surface area contributed by atoms with E-state index >= 15 is 0 Å². The molecule has 0 saturated heterocycles. The van der Waals surface area contributed by atoms with Crippen LogP contribution >= 0.6 is 0 Å². The van der Waals surface area contributed by atoms with E-state index in [1.54, 1.807) is 0 Å². The zero-order chi connectivity index (χ0) is 14.9. The molecule has 0 aromatic carbocycles. The molecule has 0 amide bonds. The number of nitrogens with zero attached hydrogens (tertiary/aromatic N) is 2. The van der Waals surface area contributed by atoms with E-state index in [1.807, 2.05) is 0 Å². The molecule has 5 nitrogen and oxygen atoms in total. The van der Waals surface area contributed by atoms with Crippen LogP contribution in [0, 0.1) is 0 Å². The third-order valence-corrected chi connectivity index (χ3v) is 2.45. The molecule has 0 aliphatic carbocycles. The maximum atomic E-state index is 12.9. The molecule has 0 atom stereocenters. The van der Waals surface area contributed by atoms with Crippen LogP contribution in [-0.2, 0) is 10.9 Å². The monoisotopic (exact) mass is 285 g/mol. The molecular weight excluding hydrogens is 275 g/mol. The molecule has 2 heterocycles. The van der Waals surface area contributed by atoms with Gasteiger partial charge in [-0.1, -0.05) is 0 Å². The van der Waals surface area contributed by atoms with Crippen molar-refractivity contribution in [2.24, 2.45) is 0 Å². The number of carbonyl (C=O) groups is 1. The number of nitrogens with two attached hydrogens (primary N) is 1. The Bertz CT molecular complexity index is 671. The van der Waals surface area contributed by atoms with Crippen molar-refractivity contribution in [1.82, 2.24) is 9.97 Å². The summed E-state index contributed by atoms with van der Waals surface area (Å²) in [5.74, 6) is -1.09. The van der Waals surface area contributed by atoms with Gasteiger partial charge in [-0.2, -0.15) is 13.2 Å². The van der Waals surface area contributed by atoms with Gasteiger partial charge in [-0.15, -0.1) is 0 Å². The zero-order valence-electron chi connectivity index (χ0n) is 10.4. The first kappa shape index (κ1) is 14.0. The van der Waals surface area contributed by atoms with Crippen LogP contribution in [0.5, 0.6) is 0 Å². The second kappa shape index (κ2) is 4.95. The highest BCUT2D eigenvalue weighted by molar-refractivity contribution is 5.95. The molecule has 0 spiro atoms. The molecule has 2 N–H and O–H groups in total. The first-order valence-electron chi connectivity index (χ1n) is 5.63. The lowest BCUT2D eigenvalue weighted by molar-refractivity contribution is -0.141. The number of halogens is 3. The first-order chi connectivity index (χ1) is 9.32. The lowest BCUT2D eigenvalue weighted by Gasteiger charge is -2.12. The number of ether oxygens (including phenoxy) is 1. The van der Waals surface area contributed by atoms with Gasteiger partial charge in [0.05, 0.1) is 24.1 Å². The maximum Gasteiger partial charge on any atom is 0.434 e. The van der Waals surface area contributed by atoms with Gasteiger partial charge in [0.25, 0.3) is 0 Å². The number of alkyl halides is 3. The van der Waals surface area contributed by atoms with E-state index in [-0.39, 0.29) is 23.3 Å². The molecule has 0 saturated carbocycles. The number of nitrogen functional groups attached to an aromatic ring is 1. The lowest BCUT2D eigenvalue weighted by atomic mass is 10.1. The maximum absolute atomic E-state index is 12.9. The van der Waals surface area contributed by atoms with E-state index < -0.39 is 23.4 Å². The fourth-order valence-corrected chi connectivity index (χ4v) is 1.66. The number of hydrogen-bond donors (Lipinski definition) is 1. The Morgan fingerprint density at radius 1 is 1.40 bits per heavy atom. The van der Waals surface area contributed by atoms with Crippen LogP contribution in [0.25, 0.3) is 11.0 Å². The summed E-state index contributed by atoms with van der Waals surface area (Å²) in [4.78, 5) is 18.7. The summed E-state index contributed by atoms with van der Waals surface area (Å²) >= 11 is 0. The summed E-state index contributed by atoms with van der Waals surface area (Å²) in [6.07, 6.45) is -3.58. The van der Waals surface area contributed by atoms with Gasteiger partial charge in [0.15, 0.2) is 11.3 Å². The van der Waals surface area contributed by atoms with Gasteiger partial charge in [0.1, 0.15) is 0 Å². The number of fused-ring (bicyclic) bond motifs is 1. The van der Waals surface area contributed by atoms with E-state index in [1.165, 1.54) is 19.2 Å². The molecule has 0 bridgehead atoms. The summed E-state index contributed by atoms with van der Waals surface area (Å²) < 4.78 is 43.4. The smallest absolute Gasteiger partial charge is 0.434 e. The molecule has 0 aliphatic rings. The van der Waals surface area contributed by atoms with Crippen LogP contribution < -0.4 is 5.73 Å². The van der Waals surface area contributed by atoms with E-state index in [0.29, 0.717) is 0 Å². The quantitative estimate of drug-likeness (QED) is 0.857. The molecule has 8 heteroatoms. The number of aromatic nitrogens is 2. The van der Waals surface area contributed by atoms with Crippen molar-refractivity contribution >= 4 is 22.7 Å². The summed E-state index contributed by atoms with van der Waals surface area (Å²) in [5, 5.41) is 0.237. The standard InChI is InChI=1S/C12H10F3N3O2/c1-2-20-11(19)8-4-6-3-7(16)5-17-10(6)18-9(8)12(13,14)15/h3-5H,2,16H2,1H3. The highest BCUT2D eigenvalue weighted by Crippen LogP contribution is 2.32. The van der Waals surface area contributed by atoms with Crippen molar-refractivity contribution in [2.45, 2.75) is 13.1 Å². The molecule has 2 rings (SSSR count). The molecule has 0 aliphatic heterocycles. The molecule has 0 radical (unpaired) electrons. The number of anilines is 1. The van der Waals surface area contributed by atoms with Gasteiger partial charge in [0.2, 0.25) is 0 Å². The summed E-state index contributed by atoms with van der Waals surface area (Å²) in [6.45, 7) is 1.46. The Morgan fingerprint density at radius 2 is 2.10 bits per heavy atom. The minimum absolute atomic E-state index is 0.0383. The van der Waals surface area contributed by atoms with Crippen molar-refractivity contribution in [1.29, 1.82) is 0 Å². The molecule has 20 heavy (non-hydrogen) atoms. The zero-order valence-corrected chi connectivity index (χ0v) is 10.4. The van der Waals surface area contributed by atoms with Crippen LogP contribution in [0.1, 0.15) is 23.0 Å². The number of esters is 1. The van der Waals surface area contributed by atoms with Crippen molar-refractivity contribution in [3.8, 4) is 0 Å². The summed E-state index contributed by atoms with van der Waals surface area (Å²) in [5.41, 5.74) is 3.65. The third-order valence-electron chi connectivity index (χ3n) is 2.45. The van der Waals surface area contributed by atoms with Crippen LogP contribution in [0.3, 0.4) is 0 Å². The number of rotatable bonds is 2. The number of carbonyl (C=O) groups excluding carboxylic acids is 1. The van der Waals surface area contributed by atoms with Crippen molar-refractivity contribution in [3.05, 3.63) is 29.6 Å². The minimum atomic E-state index is -4.78. The van der Waals surface area contributed by atoms with Crippen LogP contribution in [0.2, 0.25) is 0 Å². The van der Waals surface area contributed by atoms with Crippen LogP contribution in [-0.4, -0.2) is 22.5 Å². The summed E-state index contributed by atoms with van der Waals surface area (Å²) in [7, 11) is 0. The largest absolute Gasteiger partial charge is 0.462 e. The van der Waals surface area contributed by atoms with Gasteiger partial charge in [0, 0.05) is 5.39 Å². The van der Waals surface area contributed by atoms with Gasteiger partial charge in [-0.05, 0) is 19.1 Å². The first-order valence-corrected chi connectivity index (χ1v) is 5.63. The Hall–Kier alpha value is -2.38. The number of hydrogen-bond acceptors (Lipinski definition) is 5. The Kier molecular flexibility index (Phi) is 3.47. The van der Waals surface area contributed by atoms with Gasteiger partial charge < -0.3 is 10.5 Å². The molecular formula is C12H10F3N3O2. The normalized spacial score (nSPS) is 11.6. The van der Waals surface area contributed by atoms with Crippen molar-refractivity contribution in [2.75, 3.05) is 12.3 Å². The average molecular weight is 285 g/mol.